The van der Waals surface area contributed by atoms with Crippen molar-refractivity contribution in [3.05, 3.63) is 30.0 Å². The van der Waals surface area contributed by atoms with Crippen molar-refractivity contribution in [1.82, 2.24) is 15.1 Å². The molecular weight excluding hydrogens is 220 g/mol. The largest absolute Gasteiger partial charge is 0.490 e. The van der Waals surface area contributed by atoms with Crippen molar-refractivity contribution in [1.29, 1.82) is 0 Å². The van der Waals surface area contributed by atoms with Crippen molar-refractivity contribution >= 4 is 5.82 Å². The number of anilines is 1. The van der Waals surface area contributed by atoms with Crippen LogP contribution in [0.3, 0.4) is 0 Å². The minimum atomic E-state index is 0.428. The summed E-state index contributed by atoms with van der Waals surface area (Å²) in [6.45, 7) is 4.73. The summed E-state index contributed by atoms with van der Waals surface area (Å²) in [5.74, 6) is 2.53. The van der Waals surface area contributed by atoms with Gasteiger partial charge in [-0.1, -0.05) is 5.16 Å². The van der Waals surface area contributed by atoms with Crippen LogP contribution in [0.15, 0.2) is 22.9 Å². The molecule has 2 heterocycles. The van der Waals surface area contributed by atoms with Crippen molar-refractivity contribution in [2.24, 2.45) is 0 Å². The minimum Gasteiger partial charge on any atom is -0.490 e. The summed E-state index contributed by atoms with van der Waals surface area (Å²) in [4.78, 5) is 8.29. The van der Waals surface area contributed by atoms with Crippen molar-refractivity contribution in [3.8, 4) is 5.75 Å². The summed E-state index contributed by atoms with van der Waals surface area (Å²) in [5.41, 5.74) is 0. The molecular formula is C11H14N4O2. The third-order valence-electron chi connectivity index (χ3n) is 2.05. The molecule has 0 saturated carbocycles. The highest BCUT2D eigenvalue weighted by Crippen LogP contribution is 2.21. The second-order valence-electron chi connectivity index (χ2n) is 3.37. The molecule has 2 aromatic rings. The molecule has 17 heavy (non-hydrogen) atoms. The molecule has 0 unspecified atom stereocenters. The minimum absolute atomic E-state index is 0.428. The number of hydrogen-bond donors (Lipinski definition) is 1. The van der Waals surface area contributed by atoms with Gasteiger partial charge in [-0.25, -0.2) is 4.98 Å². The molecule has 2 rings (SSSR count). The van der Waals surface area contributed by atoms with Crippen LogP contribution in [-0.2, 0) is 6.54 Å². The number of ether oxygens (including phenoxy) is 1. The number of nitrogens with zero attached hydrogens (tertiary/aromatic N) is 3. The van der Waals surface area contributed by atoms with Gasteiger partial charge in [0, 0.05) is 6.20 Å². The van der Waals surface area contributed by atoms with Gasteiger partial charge < -0.3 is 14.6 Å². The molecule has 0 atom stereocenters. The number of aromatic nitrogens is 3. The lowest BCUT2D eigenvalue weighted by molar-refractivity contribution is 0.340. The fourth-order valence-electron chi connectivity index (χ4n) is 1.37. The Morgan fingerprint density at radius 3 is 3.06 bits per heavy atom. The van der Waals surface area contributed by atoms with Gasteiger partial charge in [0.15, 0.2) is 17.4 Å². The first-order chi connectivity index (χ1) is 8.29. The lowest BCUT2D eigenvalue weighted by Crippen LogP contribution is -2.04. The van der Waals surface area contributed by atoms with E-state index in [9.17, 15) is 0 Å². The first-order valence-corrected chi connectivity index (χ1v) is 5.40. The fraction of sp³-hybridized carbons (Fsp3) is 0.364. The summed E-state index contributed by atoms with van der Waals surface area (Å²) >= 11 is 0. The summed E-state index contributed by atoms with van der Waals surface area (Å²) in [5, 5.41) is 6.81. The van der Waals surface area contributed by atoms with E-state index in [1.807, 2.05) is 19.1 Å². The van der Waals surface area contributed by atoms with Crippen LogP contribution < -0.4 is 10.1 Å². The first kappa shape index (κ1) is 11.4. The van der Waals surface area contributed by atoms with Crippen LogP contribution in [0.1, 0.15) is 18.6 Å². The number of rotatable bonds is 5. The average Bonchev–Trinajstić information content (AvgIpc) is 2.74. The fourth-order valence-corrected chi connectivity index (χ4v) is 1.37. The Balaban J connectivity index is 2.03. The Morgan fingerprint density at radius 2 is 2.35 bits per heavy atom. The third-order valence-corrected chi connectivity index (χ3v) is 2.05. The maximum absolute atomic E-state index is 5.44. The van der Waals surface area contributed by atoms with E-state index in [1.54, 1.807) is 13.1 Å². The van der Waals surface area contributed by atoms with Gasteiger partial charge in [0.05, 0.1) is 13.2 Å². The molecule has 0 aliphatic carbocycles. The highest BCUT2D eigenvalue weighted by atomic mass is 16.5. The molecule has 2 aromatic heterocycles. The monoisotopic (exact) mass is 234 g/mol. The molecule has 0 spiro atoms. The molecule has 0 radical (unpaired) electrons. The van der Waals surface area contributed by atoms with E-state index >= 15 is 0 Å². The average molecular weight is 234 g/mol. The van der Waals surface area contributed by atoms with E-state index in [1.165, 1.54) is 0 Å². The number of pyridine rings is 1. The molecule has 90 valence electrons. The first-order valence-electron chi connectivity index (χ1n) is 5.40. The Morgan fingerprint density at radius 1 is 1.47 bits per heavy atom. The maximum atomic E-state index is 5.44. The van der Waals surface area contributed by atoms with E-state index in [0.717, 1.165) is 0 Å². The van der Waals surface area contributed by atoms with E-state index in [0.29, 0.717) is 36.4 Å². The Kier molecular flexibility index (Phi) is 3.54. The van der Waals surface area contributed by atoms with Crippen LogP contribution in [0, 0.1) is 6.92 Å². The van der Waals surface area contributed by atoms with Gasteiger partial charge in [0.25, 0.3) is 0 Å². The Hall–Kier alpha value is -2.11. The zero-order chi connectivity index (χ0) is 12.1. The molecule has 0 fully saturated rings. The molecule has 0 aliphatic heterocycles. The highest BCUT2D eigenvalue weighted by molar-refractivity contribution is 5.49. The second-order valence-corrected chi connectivity index (χ2v) is 3.37. The summed E-state index contributed by atoms with van der Waals surface area (Å²) in [7, 11) is 0. The second kappa shape index (κ2) is 5.29. The van der Waals surface area contributed by atoms with E-state index < -0.39 is 0 Å². The summed E-state index contributed by atoms with van der Waals surface area (Å²) in [6, 6.07) is 3.69. The molecule has 0 amide bonds. The van der Waals surface area contributed by atoms with Crippen LogP contribution >= 0.6 is 0 Å². The van der Waals surface area contributed by atoms with Crippen LogP contribution in [0.2, 0.25) is 0 Å². The molecule has 0 saturated heterocycles. The van der Waals surface area contributed by atoms with Crippen molar-refractivity contribution in [2.45, 2.75) is 20.4 Å². The predicted octanol–water partition coefficient (Wildman–Crippen LogP) is 1.78. The van der Waals surface area contributed by atoms with Crippen LogP contribution in [0.25, 0.3) is 0 Å². The van der Waals surface area contributed by atoms with E-state index in [4.69, 9.17) is 9.26 Å². The van der Waals surface area contributed by atoms with Crippen molar-refractivity contribution < 1.29 is 9.26 Å². The lowest BCUT2D eigenvalue weighted by Gasteiger charge is -2.09. The normalized spacial score (nSPS) is 10.2. The van der Waals surface area contributed by atoms with Crippen molar-refractivity contribution in [3.63, 3.8) is 0 Å². The Bertz CT molecular complexity index is 484. The van der Waals surface area contributed by atoms with Crippen LogP contribution in [-0.4, -0.2) is 21.7 Å². The van der Waals surface area contributed by atoms with Crippen molar-refractivity contribution in [2.75, 3.05) is 11.9 Å². The van der Waals surface area contributed by atoms with E-state index in [2.05, 4.69) is 20.4 Å². The smallest absolute Gasteiger partial charge is 0.245 e. The molecule has 6 heteroatoms. The van der Waals surface area contributed by atoms with Gasteiger partial charge in [-0.15, -0.1) is 0 Å². The molecule has 0 aromatic carbocycles. The van der Waals surface area contributed by atoms with Gasteiger partial charge in [-0.2, -0.15) is 4.98 Å². The van der Waals surface area contributed by atoms with Gasteiger partial charge in [-0.05, 0) is 26.0 Å². The number of aryl methyl sites for hydroxylation is 1. The topological polar surface area (TPSA) is 73.1 Å². The lowest BCUT2D eigenvalue weighted by atomic mass is 10.4. The third kappa shape index (κ3) is 2.93. The quantitative estimate of drug-likeness (QED) is 0.850. The number of hydrogen-bond acceptors (Lipinski definition) is 6. The standard InChI is InChI=1S/C11H14N4O2/c1-3-16-9-5-4-6-12-11(9)13-7-10-14-8(2)15-17-10/h4-6H,3,7H2,1-2H3,(H,12,13). The zero-order valence-electron chi connectivity index (χ0n) is 9.80. The molecule has 0 aliphatic rings. The van der Waals surface area contributed by atoms with Gasteiger partial charge in [-0.3, -0.25) is 0 Å². The SMILES string of the molecule is CCOc1cccnc1NCc1nc(C)no1. The molecule has 1 N–H and O–H groups in total. The van der Waals surface area contributed by atoms with E-state index in [-0.39, 0.29) is 0 Å². The highest BCUT2D eigenvalue weighted by Gasteiger charge is 2.06. The predicted molar refractivity (Wildman–Crippen MR) is 61.8 cm³/mol. The van der Waals surface area contributed by atoms with Crippen LogP contribution in [0.5, 0.6) is 5.75 Å². The number of nitrogens with one attached hydrogen (secondary N) is 1. The zero-order valence-corrected chi connectivity index (χ0v) is 9.80. The molecule has 0 bridgehead atoms. The maximum Gasteiger partial charge on any atom is 0.245 e. The van der Waals surface area contributed by atoms with Gasteiger partial charge >= 0.3 is 0 Å². The van der Waals surface area contributed by atoms with Gasteiger partial charge in [0.1, 0.15) is 0 Å². The summed E-state index contributed by atoms with van der Waals surface area (Å²) < 4.78 is 10.4. The summed E-state index contributed by atoms with van der Waals surface area (Å²) in [6.07, 6.45) is 1.70. The van der Waals surface area contributed by atoms with Gasteiger partial charge in [0.2, 0.25) is 5.89 Å². The van der Waals surface area contributed by atoms with Crippen LogP contribution in [0.4, 0.5) is 5.82 Å². The Labute approximate surface area is 99.0 Å². The molecule has 6 nitrogen and oxygen atoms in total.